The minimum atomic E-state index is -0.626. The van der Waals surface area contributed by atoms with E-state index in [1.807, 2.05) is 0 Å². The fraction of sp³-hybridized carbons (Fsp3) is 0.600. The number of hydrogen-bond donors (Lipinski definition) is 2. The maximum atomic E-state index is 12.4. The highest BCUT2D eigenvalue weighted by Gasteiger charge is 2.53. The fourth-order valence-corrected chi connectivity index (χ4v) is 6.07. The molecule has 4 nitrogen and oxygen atoms in total. The second kappa shape index (κ2) is 6.31. The van der Waals surface area contributed by atoms with Crippen molar-refractivity contribution in [1.82, 2.24) is 5.32 Å². The number of carbonyl (C=O) groups is 2. The molecular formula is C20H25ClN2O2. The molecule has 134 valence electrons. The Bertz CT molecular complexity index is 667. The highest BCUT2D eigenvalue weighted by atomic mass is 35.5. The van der Waals surface area contributed by atoms with Crippen LogP contribution in [0.4, 0.5) is 5.69 Å². The van der Waals surface area contributed by atoms with E-state index in [4.69, 9.17) is 11.6 Å². The van der Waals surface area contributed by atoms with E-state index in [0.29, 0.717) is 10.7 Å². The van der Waals surface area contributed by atoms with Gasteiger partial charge in [0.1, 0.15) is 0 Å². The lowest BCUT2D eigenvalue weighted by Gasteiger charge is -2.59. The van der Waals surface area contributed by atoms with Crippen LogP contribution < -0.4 is 10.6 Å². The maximum absolute atomic E-state index is 12.4. The van der Waals surface area contributed by atoms with Crippen LogP contribution in [0.1, 0.15) is 45.4 Å². The Morgan fingerprint density at radius 2 is 1.68 bits per heavy atom. The number of carbonyl (C=O) groups excluding carboxylic acids is 2. The molecule has 1 aromatic carbocycles. The Labute approximate surface area is 153 Å². The van der Waals surface area contributed by atoms with Crippen molar-refractivity contribution in [3.63, 3.8) is 0 Å². The van der Waals surface area contributed by atoms with Gasteiger partial charge in [-0.1, -0.05) is 17.7 Å². The smallest absolute Gasteiger partial charge is 0.313 e. The summed E-state index contributed by atoms with van der Waals surface area (Å²) < 4.78 is 0. The van der Waals surface area contributed by atoms with Crippen molar-refractivity contribution in [1.29, 1.82) is 0 Å². The third-order valence-electron chi connectivity index (χ3n) is 6.64. The summed E-state index contributed by atoms with van der Waals surface area (Å²) in [5, 5.41) is 6.14. The van der Waals surface area contributed by atoms with Gasteiger partial charge >= 0.3 is 11.8 Å². The van der Waals surface area contributed by atoms with Crippen molar-refractivity contribution in [2.45, 2.75) is 51.5 Å². The highest BCUT2D eigenvalue weighted by Crippen LogP contribution is 2.61. The predicted molar refractivity (Wildman–Crippen MR) is 98.3 cm³/mol. The van der Waals surface area contributed by atoms with Crippen molar-refractivity contribution in [2.24, 2.45) is 23.2 Å². The topological polar surface area (TPSA) is 58.2 Å². The van der Waals surface area contributed by atoms with E-state index in [1.54, 1.807) is 24.3 Å². The molecule has 1 atom stereocenters. The molecule has 2 N–H and O–H groups in total. The van der Waals surface area contributed by atoms with Crippen LogP contribution in [-0.2, 0) is 9.59 Å². The number of halogens is 1. The Hall–Kier alpha value is -1.55. The van der Waals surface area contributed by atoms with E-state index in [0.717, 1.165) is 17.8 Å². The van der Waals surface area contributed by atoms with E-state index in [9.17, 15) is 9.59 Å². The number of amides is 2. The molecule has 0 saturated heterocycles. The SMILES string of the molecule is CC(NC(=O)C(=O)Nc1cccc(Cl)c1)C12CC3CC(CC(C3)C1)C2. The number of benzene rings is 1. The van der Waals surface area contributed by atoms with Gasteiger partial charge in [0.15, 0.2) is 0 Å². The molecule has 0 spiro atoms. The molecule has 0 aromatic heterocycles. The molecule has 4 aliphatic carbocycles. The van der Waals surface area contributed by atoms with Crippen LogP contribution in [-0.4, -0.2) is 17.9 Å². The van der Waals surface area contributed by atoms with Gasteiger partial charge in [0, 0.05) is 16.8 Å². The van der Waals surface area contributed by atoms with Crippen LogP contribution in [0.25, 0.3) is 0 Å². The van der Waals surface area contributed by atoms with Crippen molar-refractivity contribution in [3.05, 3.63) is 29.3 Å². The first-order valence-corrected chi connectivity index (χ1v) is 9.69. The van der Waals surface area contributed by atoms with Crippen molar-refractivity contribution < 1.29 is 9.59 Å². The summed E-state index contributed by atoms with van der Waals surface area (Å²) in [6.45, 7) is 2.08. The first kappa shape index (κ1) is 16.9. The first-order chi connectivity index (χ1) is 11.9. The Kier molecular flexibility index (Phi) is 4.27. The van der Waals surface area contributed by atoms with E-state index in [2.05, 4.69) is 17.6 Å². The van der Waals surface area contributed by atoms with Gasteiger partial charge in [-0.15, -0.1) is 0 Å². The largest absolute Gasteiger partial charge is 0.345 e. The maximum Gasteiger partial charge on any atom is 0.313 e. The van der Waals surface area contributed by atoms with Crippen LogP contribution in [0.15, 0.2) is 24.3 Å². The van der Waals surface area contributed by atoms with Gasteiger partial charge in [-0.2, -0.15) is 0 Å². The van der Waals surface area contributed by atoms with E-state index >= 15 is 0 Å². The monoisotopic (exact) mass is 360 g/mol. The summed E-state index contributed by atoms with van der Waals surface area (Å²) >= 11 is 5.92. The van der Waals surface area contributed by atoms with Crippen LogP contribution in [0.2, 0.25) is 5.02 Å². The zero-order valence-electron chi connectivity index (χ0n) is 14.6. The summed E-state index contributed by atoms with van der Waals surface area (Å²) in [7, 11) is 0. The predicted octanol–water partition coefficient (Wildman–Crippen LogP) is 4.00. The fourth-order valence-electron chi connectivity index (χ4n) is 5.88. The lowest BCUT2D eigenvalue weighted by Crippen LogP contribution is -2.57. The minimum absolute atomic E-state index is 0.0403. The van der Waals surface area contributed by atoms with Gasteiger partial charge in [-0.05, 0) is 86.8 Å². The highest BCUT2D eigenvalue weighted by molar-refractivity contribution is 6.40. The van der Waals surface area contributed by atoms with Crippen LogP contribution in [0.3, 0.4) is 0 Å². The normalized spacial score (nSPS) is 33.8. The second-order valence-electron chi connectivity index (χ2n) is 8.44. The third-order valence-corrected chi connectivity index (χ3v) is 6.88. The minimum Gasteiger partial charge on any atom is -0.345 e. The lowest BCUT2D eigenvalue weighted by molar-refractivity contribution is -0.138. The Balaban J connectivity index is 1.39. The summed E-state index contributed by atoms with van der Waals surface area (Å²) in [4.78, 5) is 24.6. The average molecular weight is 361 g/mol. The summed E-state index contributed by atoms with van der Waals surface area (Å²) in [6, 6.07) is 6.87. The molecule has 1 unspecified atom stereocenters. The zero-order valence-corrected chi connectivity index (χ0v) is 15.3. The quantitative estimate of drug-likeness (QED) is 0.800. The van der Waals surface area contributed by atoms with Crippen LogP contribution >= 0.6 is 11.6 Å². The van der Waals surface area contributed by atoms with Gasteiger partial charge in [-0.25, -0.2) is 0 Å². The Morgan fingerprint density at radius 3 is 2.24 bits per heavy atom. The summed E-state index contributed by atoms with van der Waals surface area (Å²) in [5.41, 5.74) is 0.732. The van der Waals surface area contributed by atoms with Gasteiger partial charge in [0.25, 0.3) is 0 Å². The molecule has 1 aromatic rings. The van der Waals surface area contributed by atoms with Gasteiger partial charge in [0.05, 0.1) is 0 Å². The molecule has 4 saturated carbocycles. The lowest BCUT2D eigenvalue weighted by atomic mass is 9.48. The van der Waals surface area contributed by atoms with E-state index in [1.165, 1.54) is 38.5 Å². The van der Waals surface area contributed by atoms with Gasteiger partial charge < -0.3 is 10.6 Å². The Morgan fingerprint density at radius 1 is 1.08 bits per heavy atom. The molecule has 4 fully saturated rings. The number of hydrogen-bond acceptors (Lipinski definition) is 2. The second-order valence-corrected chi connectivity index (χ2v) is 8.88. The molecule has 2 amide bonds. The molecule has 4 aliphatic rings. The molecule has 5 rings (SSSR count). The van der Waals surface area contributed by atoms with Crippen LogP contribution in [0.5, 0.6) is 0 Å². The van der Waals surface area contributed by atoms with E-state index < -0.39 is 11.8 Å². The molecule has 25 heavy (non-hydrogen) atoms. The molecule has 0 aliphatic heterocycles. The molecule has 0 heterocycles. The van der Waals surface area contributed by atoms with Gasteiger partial charge in [0.2, 0.25) is 0 Å². The number of rotatable bonds is 3. The van der Waals surface area contributed by atoms with E-state index in [-0.39, 0.29) is 11.5 Å². The third kappa shape index (κ3) is 3.29. The molecule has 5 heteroatoms. The number of anilines is 1. The standard InChI is InChI=1S/C20H25ClN2O2/c1-12(20-9-13-5-14(10-20)7-15(6-13)11-20)22-18(24)19(25)23-17-4-2-3-16(21)8-17/h2-4,8,12-15H,5-7,9-11H2,1H3,(H,22,24)(H,23,25). The van der Waals surface area contributed by atoms with Crippen LogP contribution in [0, 0.1) is 23.2 Å². The first-order valence-electron chi connectivity index (χ1n) is 9.31. The van der Waals surface area contributed by atoms with Crippen molar-refractivity contribution in [2.75, 3.05) is 5.32 Å². The van der Waals surface area contributed by atoms with Crippen molar-refractivity contribution in [3.8, 4) is 0 Å². The van der Waals surface area contributed by atoms with Crippen molar-refractivity contribution >= 4 is 29.1 Å². The number of nitrogens with one attached hydrogen (secondary N) is 2. The summed E-state index contributed by atoms with van der Waals surface area (Å²) in [6.07, 6.45) is 7.72. The molecule has 4 bridgehead atoms. The summed E-state index contributed by atoms with van der Waals surface area (Å²) in [5.74, 6) is 1.30. The average Bonchev–Trinajstić information content (AvgIpc) is 2.53. The molecule has 0 radical (unpaired) electrons. The van der Waals surface area contributed by atoms with Gasteiger partial charge in [-0.3, -0.25) is 9.59 Å². The zero-order chi connectivity index (χ0) is 17.6. The molecular weight excluding hydrogens is 336 g/mol.